The van der Waals surface area contributed by atoms with Crippen LogP contribution in [0.1, 0.15) is 12.8 Å². The summed E-state index contributed by atoms with van der Waals surface area (Å²) < 4.78 is 0. The molecule has 0 aliphatic carbocycles. The van der Waals surface area contributed by atoms with Crippen LogP contribution < -0.4 is 10.6 Å². The molecule has 1 atom stereocenters. The molecule has 2 aliphatic rings. The van der Waals surface area contributed by atoms with Gasteiger partial charge in [0.05, 0.1) is 5.92 Å². The molecular formula is C9H16N2OS. The van der Waals surface area contributed by atoms with E-state index in [0.29, 0.717) is 6.04 Å². The topological polar surface area (TPSA) is 41.1 Å². The van der Waals surface area contributed by atoms with Crippen LogP contribution in [-0.2, 0) is 4.79 Å². The summed E-state index contributed by atoms with van der Waals surface area (Å²) in [5.41, 5.74) is 0. The van der Waals surface area contributed by atoms with Gasteiger partial charge in [0.1, 0.15) is 0 Å². The lowest BCUT2D eigenvalue weighted by Gasteiger charge is -2.29. The number of hydrogen-bond donors (Lipinski definition) is 2. The maximum Gasteiger partial charge on any atom is 0.225 e. The lowest BCUT2D eigenvalue weighted by Crippen LogP contribution is -2.53. The molecule has 2 fully saturated rings. The first-order valence-corrected chi connectivity index (χ1v) is 6.10. The number of thioether (sulfide) groups is 1. The number of carbonyl (C=O) groups excluding carboxylic acids is 1. The van der Waals surface area contributed by atoms with Gasteiger partial charge >= 0.3 is 0 Å². The lowest BCUT2D eigenvalue weighted by atomic mass is 10.0. The molecule has 2 heterocycles. The van der Waals surface area contributed by atoms with E-state index in [-0.39, 0.29) is 11.8 Å². The predicted molar refractivity (Wildman–Crippen MR) is 54.8 cm³/mol. The van der Waals surface area contributed by atoms with Gasteiger partial charge in [0.25, 0.3) is 0 Å². The molecule has 4 heteroatoms. The summed E-state index contributed by atoms with van der Waals surface area (Å²) in [6.45, 7) is 1.73. The average molecular weight is 200 g/mol. The van der Waals surface area contributed by atoms with Crippen molar-refractivity contribution in [3.05, 3.63) is 0 Å². The van der Waals surface area contributed by atoms with Crippen LogP contribution in [0.15, 0.2) is 0 Å². The van der Waals surface area contributed by atoms with Gasteiger partial charge in [-0.3, -0.25) is 4.79 Å². The normalized spacial score (nSPS) is 29.4. The van der Waals surface area contributed by atoms with Crippen molar-refractivity contribution < 1.29 is 4.79 Å². The molecule has 0 bridgehead atoms. The van der Waals surface area contributed by atoms with Crippen LogP contribution in [0.25, 0.3) is 0 Å². The van der Waals surface area contributed by atoms with Crippen molar-refractivity contribution in [3.63, 3.8) is 0 Å². The van der Waals surface area contributed by atoms with E-state index in [4.69, 9.17) is 0 Å². The fourth-order valence-corrected chi connectivity index (χ4v) is 2.72. The van der Waals surface area contributed by atoms with E-state index >= 15 is 0 Å². The Hall–Kier alpha value is -0.220. The summed E-state index contributed by atoms with van der Waals surface area (Å²) in [6.07, 6.45) is 2.41. The molecule has 0 spiro atoms. The third kappa shape index (κ3) is 2.38. The molecule has 2 N–H and O–H groups in total. The molecule has 1 amide bonds. The van der Waals surface area contributed by atoms with Crippen LogP contribution in [-0.4, -0.2) is 36.5 Å². The monoisotopic (exact) mass is 200 g/mol. The Balaban J connectivity index is 1.72. The molecule has 1 unspecified atom stereocenters. The zero-order chi connectivity index (χ0) is 9.10. The first-order valence-electron chi connectivity index (χ1n) is 4.95. The number of nitrogens with one attached hydrogen (secondary N) is 2. The third-order valence-electron chi connectivity index (χ3n) is 2.66. The molecule has 0 aromatic carbocycles. The van der Waals surface area contributed by atoms with Gasteiger partial charge in [-0.15, -0.1) is 0 Å². The van der Waals surface area contributed by atoms with E-state index in [1.165, 1.54) is 18.6 Å². The largest absolute Gasteiger partial charge is 0.352 e. The highest BCUT2D eigenvalue weighted by molar-refractivity contribution is 7.99. The molecule has 2 rings (SSSR count). The molecule has 2 aliphatic heterocycles. The Kier molecular flexibility index (Phi) is 3.11. The molecule has 0 aromatic rings. The minimum absolute atomic E-state index is 0.243. The van der Waals surface area contributed by atoms with E-state index < -0.39 is 0 Å². The minimum atomic E-state index is 0.243. The van der Waals surface area contributed by atoms with Crippen LogP contribution in [0.5, 0.6) is 0 Å². The van der Waals surface area contributed by atoms with Gasteiger partial charge in [-0.05, 0) is 18.6 Å². The summed E-state index contributed by atoms with van der Waals surface area (Å²) in [5, 5.41) is 6.23. The minimum Gasteiger partial charge on any atom is -0.352 e. The zero-order valence-corrected chi connectivity index (χ0v) is 8.53. The summed E-state index contributed by atoms with van der Waals surface area (Å²) in [5.74, 6) is 2.86. The Morgan fingerprint density at radius 3 is 2.85 bits per heavy atom. The van der Waals surface area contributed by atoms with Crippen LogP contribution in [0.2, 0.25) is 0 Å². The Labute approximate surface area is 83.0 Å². The number of carbonyl (C=O) groups is 1. The lowest BCUT2D eigenvalue weighted by molar-refractivity contribution is -0.127. The number of rotatable bonds is 2. The van der Waals surface area contributed by atoms with Gasteiger partial charge in [-0.25, -0.2) is 0 Å². The van der Waals surface area contributed by atoms with Crippen molar-refractivity contribution in [3.8, 4) is 0 Å². The van der Waals surface area contributed by atoms with Crippen LogP contribution in [0, 0.1) is 5.92 Å². The average Bonchev–Trinajstić information content (AvgIpc) is 2.02. The predicted octanol–water partition coefficient (Wildman–Crippen LogP) is 0.218. The van der Waals surface area contributed by atoms with Crippen LogP contribution in [0.4, 0.5) is 0 Å². The summed E-state index contributed by atoms with van der Waals surface area (Å²) in [4.78, 5) is 11.5. The molecule has 2 saturated heterocycles. The molecular weight excluding hydrogens is 184 g/mol. The Morgan fingerprint density at radius 1 is 1.46 bits per heavy atom. The van der Waals surface area contributed by atoms with E-state index in [0.717, 1.165) is 18.8 Å². The van der Waals surface area contributed by atoms with Crippen molar-refractivity contribution in [2.24, 2.45) is 5.92 Å². The Morgan fingerprint density at radius 2 is 2.31 bits per heavy atom. The highest BCUT2D eigenvalue weighted by atomic mass is 32.2. The van der Waals surface area contributed by atoms with Gasteiger partial charge in [0.2, 0.25) is 5.91 Å². The molecule has 0 aromatic heterocycles. The molecule has 0 radical (unpaired) electrons. The first-order chi connectivity index (χ1) is 6.36. The number of hydrogen-bond acceptors (Lipinski definition) is 3. The van der Waals surface area contributed by atoms with Crippen molar-refractivity contribution in [1.82, 2.24) is 10.6 Å². The highest BCUT2D eigenvalue weighted by Crippen LogP contribution is 2.17. The van der Waals surface area contributed by atoms with Gasteiger partial charge < -0.3 is 10.6 Å². The smallest absolute Gasteiger partial charge is 0.225 e. The van der Waals surface area contributed by atoms with E-state index in [9.17, 15) is 4.79 Å². The second-order valence-electron chi connectivity index (χ2n) is 3.78. The van der Waals surface area contributed by atoms with Crippen molar-refractivity contribution in [2.45, 2.75) is 18.9 Å². The van der Waals surface area contributed by atoms with E-state index in [1.54, 1.807) is 0 Å². The van der Waals surface area contributed by atoms with Crippen molar-refractivity contribution in [2.75, 3.05) is 24.6 Å². The third-order valence-corrected chi connectivity index (χ3v) is 3.87. The zero-order valence-electron chi connectivity index (χ0n) is 7.71. The highest BCUT2D eigenvalue weighted by Gasteiger charge is 2.26. The van der Waals surface area contributed by atoms with E-state index in [2.05, 4.69) is 10.6 Å². The van der Waals surface area contributed by atoms with E-state index in [1.807, 2.05) is 11.8 Å². The van der Waals surface area contributed by atoms with Crippen molar-refractivity contribution in [1.29, 1.82) is 0 Å². The van der Waals surface area contributed by atoms with Gasteiger partial charge in [-0.1, -0.05) is 0 Å². The Bertz CT molecular complexity index is 188. The number of amides is 1. The fraction of sp³-hybridized carbons (Fsp3) is 0.889. The standard InChI is InChI=1S/C9H16N2OS/c12-9(7-4-10-5-7)11-8-2-1-3-13-6-8/h7-8,10H,1-6H2,(H,11,12). The molecule has 13 heavy (non-hydrogen) atoms. The summed E-state index contributed by atoms with van der Waals surface area (Å²) >= 11 is 1.95. The second kappa shape index (κ2) is 4.33. The maximum atomic E-state index is 11.5. The fourth-order valence-electron chi connectivity index (χ4n) is 1.65. The molecule has 0 saturated carbocycles. The molecule has 3 nitrogen and oxygen atoms in total. The van der Waals surface area contributed by atoms with Gasteiger partial charge in [0, 0.05) is 24.9 Å². The summed E-state index contributed by atoms with van der Waals surface area (Å²) in [6, 6.07) is 0.437. The SMILES string of the molecule is O=C(NC1CCCSC1)C1CNC1. The van der Waals surface area contributed by atoms with Gasteiger partial charge in [-0.2, -0.15) is 11.8 Å². The first kappa shape index (κ1) is 9.34. The quantitative estimate of drug-likeness (QED) is 0.670. The summed E-state index contributed by atoms with van der Waals surface area (Å²) in [7, 11) is 0. The second-order valence-corrected chi connectivity index (χ2v) is 4.93. The van der Waals surface area contributed by atoms with Crippen LogP contribution >= 0.6 is 11.8 Å². The van der Waals surface area contributed by atoms with Crippen LogP contribution in [0.3, 0.4) is 0 Å². The molecule has 74 valence electrons. The van der Waals surface area contributed by atoms with Crippen molar-refractivity contribution >= 4 is 17.7 Å². The van der Waals surface area contributed by atoms with Gasteiger partial charge in [0.15, 0.2) is 0 Å². The maximum absolute atomic E-state index is 11.5.